The van der Waals surface area contributed by atoms with Crippen molar-refractivity contribution in [2.24, 2.45) is 0 Å². The van der Waals surface area contributed by atoms with Gasteiger partial charge < -0.3 is 5.73 Å². The first-order valence-corrected chi connectivity index (χ1v) is 4.59. The minimum absolute atomic E-state index is 0.0282. The average Bonchev–Trinajstić information content (AvgIpc) is 2.69. The number of anilines is 1. The van der Waals surface area contributed by atoms with Crippen LogP contribution in [0.2, 0.25) is 0 Å². The molecule has 0 bridgehead atoms. The van der Waals surface area contributed by atoms with Crippen molar-refractivity contribution in [1.82, 2.24) is 9.78 Å². The van der Waals surface area contributed by atoms with E-state index in [2.05, 4.69) is 5.10 Å². The summed E-state index contributed by atoms with van der Waals surface area (Å²) in [5.74, 6) is -0.0282. The van der Waals surface area contributed by atoms with E-state index < -0.39 is 0 Å². The minimum Gasteiger partial charge on any atom is -0.398 e. The summed E-state index contributed by atoms with van der Waals surface area (Å²) in [6.07, 6.45) is 3.51. The maximum Gasteiger partial charge on any atom is 0.161 e. The van der Waals surface area contributed by atoms with Crippen LogP contribution in [0.3, 0.4) is 0 Å². The third-order valence-corrected chi connectivity index (χ3v) is 2.18. The number of hydrogen-bond donors (Lipinski definition) is 1. The highest BCUT2D eigenvalue weighted by Crippen LogP contribution is 2.17. The largest absolute Gasteiger partial charge is 0.398 e. The molecular weight excluding hydrogens is 190 g/mol. The van der Waals surface area contributed by atoms with Crippen molar-refractivity contribution in [1.29, 1.82) is 0 Å². The van der Waals surface area contributed by atoms with Crippen LogP contribution < -0.4 is 5.73 Å². The normalized spacial score (nSPS) is 10.2. The van der Waals surface area contributed by atoms with Gasteiger partial charge in [-0.3, -0.25) is 4.79 Å². The van der Waals surface area contributed by atoms with Crippen LogP contribution in [0.15, 0.2) is 36.7 Å². The van der Waals surface area contributed by atoms with E-state index in [1.54, 1.807) is 23.0 Å². The lowest BCUT2D eigenvalue weighted by Gasteiger charge is -2.05. The molecule has 0 aliphatic rings. The van der Waals surface area contributed by atoms with Crippen LogP contribution in [0.4, 0.5) is 5.69 Å². The number of benzene rings is 1. The Balaban J connectivity index is 2.47. The highest BCUT2D eigenvalue weighted by atomic mass is 16.1. The number of carbonyl (C=O) groups excluding carboxylic acids is 1. The number of hydrogen-bond acceptors (Lipinski definition) is 3. The number of ketones is 1. The number of aromatic nitrogens is 2. The lowest BCUT2D eigenvalue weighted by atomic mass is 10.1. The number of nitrogens with zero attached hydrogens (tertiary/aromatic N) is 2. The molecule has 0 aliphatic heterocycles. The molecule has 0 fully saturated rings. The van der Waals surface area contributed by atoms with E-state index in [-0.39, 0.29) is 5.78 Å². The Morgan fingerprint density at radius 2 is 2.27 bits per heavy atom. The lowest BCUT2D eigenvalue weighted by molar-refractivity contribution is 0.101. The molecule has 0 aliphatic carbocycles. The summed E-state index contributed by atoms with van der Waals surface area (Å²) >= 11 is 0. The van der Waals surface area contributed by atoms with E-state index in [4.69, 9.17) is 5.73 Å². The predicted molar refractivity (Wildman–Crippen MR) is 58.0 cm³/mol. The Bertz CT molecular complexity index is 489. The molecule has 1 aromatic heterocycles. The molecule has 0 amide bonds. The van der Waals surface area contributed by atoms with Crippen molar-refractivity contribution in [2.45, 2.75) is 6.92 Å². The molecule has 0 saturated carbocycles. The summed E-state index contributed by atoms with van der Waals surface area (Å²) in [7, 11) is 0. The summed E-state index contributed by atoms with van der Waals surface area (Å²) in [5.41, 5.74) is 7.65. The van der Waals surface area contributed by atoms with E-state index in [9.17, 15) is 4.79 Å². The third kappa shape index (κ3) is 1.74. The van der Waals surface area contributed by atoms with Gasteiger partial charge in [0.25, 0.3) is 0 Å². The summed E-state index contributed by atoms with van der Waals surface area (Å²) in [6, 6.07) is 7.10. The maximum absolute atomic E-state index is 11.2. The van der Waals surface area contributed by atoms with Crippen LogP contribution >= 0.6 is 0 Å². The highest BCUT2D eigenvalue weighted by molar-refractivity contribution is 5.99. The van der Waals surface area contributed by atoms with E-state index in [0.29, 0.717) is 11.3 Å². The number of Topliss-reactive ketones (excluding diaryl/α,β-unsaturated/α-hetero) is 1. The SMILES string of the molecule is CC(=O)c1ccc(-n2cccn2)cc1N. The monoisotopic (exact) mass is 201 g/mol. The van der Waals surface area contributed by atoms with E-state index in [1.165, 1.54) is 6.92 Å². The van der Waals surface area contributed by atoms with Gasteiger partial charge in [0.15, 0.2) is 5.78 Å². The van der Waals surface area contributed by atoms with Crippen LogP contribution in [0, 0.1) is 0 Å². The van der Waals surface area contributed by atoms with E-state index in [1.807, 2.05) is 18.3 Å². The maximum atomic E-state index is 11.2. The Morgan fingerprint density at radius 3 is 2.80 bits per heavy atom. The average molecular weight is 201 g/mol. The number of nitrogens with two attached hydrogens (primary N) is 1. The zero-order valence-electron chi connectivity index (χ0n) is 8.34. The summed E-state index contributed by atoms with van der Waals surface area (Å²) in [6.45, 7) is 1.50. The first-order chi connectivity index (χ1) is 7.18. The van der Waals surface area contributed by atoms with Crippen LogP contribution in [-0.2, 0) is 0 Å². The molecular formula is C11H11N3O. The van der Waals surface area contributed by atoms with Crippen molar-refractivity contribution in [3.8, 4) is 5.69 Å². The van der Waals surface area contributed by atoms with Crippen LogP contribution in [0.1, 0.15) is 17.3 Å². The fourth-order valence-electron chi connectivity index (χ4n) is 1.43. The van der Waals surface area contributed by atoms with Crippen LogP contribution in [-0.4, -0.2) is 15.6 Å². The highest BCUT2D eigenvalue weighted by Gasteiger charge is 2.05. The topological polar surface area (TPSA) is 60.9 Å². The molecule has 76 valence electrons. The van der Waals surface area contributed by atoms with Crippen molar-refractivity contribution >= 4 is 11.5 Å². The number of rotatable bonds is 2. The van der Waals surface area contributed by atoms with Gasteiger partial charge in [-0.25, -0.2) is 4.68 Å². The molecule has 4 heteroatoms. The smallest absolute Gasteiger partial charge is 0.161 e. The van der Waals surface area contributed by atoms with E-state index in [0.717, 1.165) is 5.69 Å². The second kappa shape index (κ2) is 3.57. The Morgan fingerprint density at radius 1 is 1.47 bits per heavy atom. The second-order valence-corrected chi connectivity index (χ2v) is 3.28. The predicted octanol–water partition coefficient (Wildman–Crippen LogP) is 1.66. The Kier molecular flexibility index (Phi) is 2.25. The third-order valence-electron chi connectivity index (χ3n) is 2.18. The van der Waals surface area contributed by atoms with Gasteiger partial charge in [-0.15, -0.1) is 0 Å². The van der Waals surface area contributed by atoms with Gasteiger partial charge in [0.2, 0.25) is 0 Å². The van der Waals surface area contributed by atoms with Gasteiger partial charge in [-0.05, 0) is 31.2 Å². The Hall–Kier alpha value is -2.10. The molecule has 4 nitrogen and oxygen atoms in total. The first kappa shape index (κ1) is 9.45. The van der Waals surface area contributed by atoms with Crippen LogP contribution in [0.25, 0.3) is 5.69 Å². The lowest BCUT2D eigenvalue weighted by Crippen LogP contribution is -2.02. The van der Waals surface area contributed by atoms with Gasteiger partial charge in [-0.2, -0.15) is 5.10 Å². The fraction of sp³-hybridized carbons (Fsp3) is 0.0909. The molecule has 0 spiro atoms. The van der Waals surface area contributed by atoms with Crippen molar-refractivity contribution in [2.75, 3.05) is 5.73 Å². The molecule has 0 radical (unpaired) electrons. The van der Waals surface area contributed by atoms with Gasteiger partial charge in [0.05, 0.1) is 5.69 Å². The molecule has 0 atom stereocenters. The summed E-state index contributed by atoms with van der Waals surface area (Å²) in [4.78, 5) is 11.2. The number of nitrogen functional groups attached to an aromatic ring is 1. The summed E-state index contributed by atoms with van der Waals surface area (Å²) in [5, 5.41) is 4.08. The fourth-order valence-corrected chi connectivity index (χ4v) is 1.43. The first-order valence-electron chi connectivity index (χ1n) is 4.59. The molecule has 0 unspecified atom stereocenters. The second-order valence-electron chi connectivity index (χ2n) is 3.28. The molecule has 15 heavy (non-hydrogen) atoms. The Labute approximate surface area is 87.3 Å². The van der Waals surface area contributed by atoms with Crippen molar-refractivity contribution in [3.63, 3.8) is 0 Å². The molecule has 2 N–H and O–H groups in total. The van der Waals surface area contributed by atoms with Gasteiger partial charge >= 0.3 is 0 Å². The summed E-state index contributed by atoms with van der Waals surface area (Å²) < 4.78 is 1.69. The minimum atomic E-state index is -0.0282. The standard InChI is InChI=1S/C11H11N3O/c1-8(15)10-4-3-9(7-11(10)12)14-6-2-5-13-14/h2-7H,12H2,1H3. The van der Waals surface area contributed by atoms with Crippen molar-refractivity contribution in [3.05, 3.63) is 42.2 Å². The zero-order chi connectivity index (χ0) is 10.8. The van der Waals surface area contributed by atoms with Gasteiger partial charge in [0, 0.05) is 23.6 Å². The van der Waals surface area contributed by atoms with Crippen molar-refractivity contribution < 1.29 is 4.79 Å². The molecule has 1 aromatic carbocycles. The van der Waals surface area contributed by atoms with Gasteiger partial charge in [-0.1, -0.05) is 0 Å². The molecule has 0 saturated heterocycles. The quantitative estimate of drug-likeness (QED) is 0.593. The molecule has 1 heterocycles. The molecule has 2 rings (SSSR count). The number of carbonyl (C=O) groups is 1. The van der Waals surface area contributed by atoms with E-state index >= 15 is 0 Å². The zero-order valence-corrected chi connectivity index (χ0v) is 8.34. The van der Waals surface area contributed by atoms with Gasteiger partial charge in [0.1, 0.15) is 0 Å². The van der Waals surface area contributed by atoms with Crippen LogP contribution in [0.5, 0.6) is 0 Å². The molecule has 2 aromatic rings.